The number of hydrogen-bond acceptors (Lipinski definition) is 5. The van der Waals surface area contributed by atoms with E-state index in [0.717, 1.165) is 16.3 Å². The van der Waals surface area contributed by atoms with E-state index >= 15 is 0 Å². The van der Waals surface area contributed by atoms with Crippen molar-refractivity contribution in [2.24, 2.45) is 5.11 Å². The highest BCUT2D eigenvalue weighted by Gasteiger charge is 2.19. The predicted octanol–water partition coefficient (Wildman–Crippen LogP) is 3.08. The van der Waals surface area contributed by atoms with E-state index in [9.17, 15) is 13.2 Å². The highest BCUT2D eigenvalue weighted by atomic mass is 32.2. The number of carbonyl (C=O) groups excluding carboxylic acids is 1. The molecule has 0 aliphatic heterocycles. The number of nitrogens with zero attached hydrogens (tertiary/aromatic N) is 4. The predicted molar refractivity (Wildman–Crippen MR) is 93.3 cm³/mol. The van der Waals surface area contributed by atoms with Crippen LogP contribution < -0.4 is 4.47 Å². The summed E-state index contributed by atoms with van der Waals surface area (Å²) in [6.45, 7) is -0.221. The van der Waals surface area contributed by atoms with E-state index in [2.05, 4.69) is 10.0 Å². The summed E-state index contributed by atoms with van der Waals surface area (Å²) in [5.41, 5.74) is 9.63. The SMILES string of the molecule is CS(=O)(=O)N(OCc1ccccc1)c1ccc(C(=O)CN=[N+]=[N-])cc1. The normalized spacial score (nSPS) is 10.8. The van der Waals surface area contributed by atoms with Crippen molar-refractivity contribution < 1.29 is 18.0 Å². The molecule has 2 rings (SSSR count). The molecule has 0 saturated carbocycles. The molecule has 0 saturated heterocycles. The number of hydrogen-bond donors (Lipinski definition) is 0. The summed E-state index contributed by atoms with van der Waals surface area (Å²) < 4.78 is 24.8. The van der Waals surface area contributed by atoms with Crippen LogP contribution >= 0.6 is 0 Å². The van der Waals surface area contributed by atoms with E-state index in [-0.39, 0.29) is 24.6 Å². The minimum atomic E-state index is -3.68. The lowest BCUT2D eigenvalue weighted by molar-refractivity contribution is 0.100. The smallest absolute Gasteiger partial charge is 0.254 e. The zero-order chi connectivity index (χ0) is 18.3. The van der Waals surface area contributed by atoms with Gasteiger partial charge in [-0.2, -0.15) is 0 Å². The minimum Gasteiger partial charge on any atom is -0.294 e. The number of ketones is 1. The second kappa shape index (κ2) is 8.29. The van der Waals surface area contributed by atoms with Gasteiger partial charge in [0.25, 0.3) is 10.0 Å². The first-order chi connectivity index (χ1) is 11.9. The standard InChI is InChI=1S/C16H16N4O4S/c1-25(22,23)20(24-12-13-5-3-2-4-6-13)15-9-7-14(8-10-15)16(21)11-18-19-17/h2-10H,11-12H2,1H3. The molecule has 0 spiro atoms. The van der Waals surface area contributed by atoms with Crippen molar-refractivity contribution in [1.82, 2.24) is 0 Å². The lowest BCUT2D eigenvalue weighted by atomic mass is 10.1. The largest absolute Gasteiger partial charge is 0.294 e. The van der Waals surface area contributed by atoms with Crippen LogP contribution in [0.4, 0.5) is 5.69 Å². The summed E-state index contributed by atoms with van der Waals surface area (Å²) in [6.07, 6.45) is 1.03. The third kappa shape index (κ3) is 5.32. The fourth-order valence-corrected chi connectivity index (χ4v) is 2.77. The molecule has 0 radical (unpaired) electrons. The fraction of sp³-hybridized carbons (Fsp3) is 0.188. The van der Waals surface area contributed by atoms with Gasteiger partial charge in [-0.3, -0.25) is 9.63 Å². The summed E-state index contributed by atoms with van der Waals surface area (Å²) >= 11 is 0. The number of benzene rings is 2. The van der Waals surface area contributed by atoms with Crippen molar-refractivity contribution in [1.29, 1.82) is 0 Å². The number of rotatable bonds is 8. The number of azide groups is 1. The van der Waals surface area contributed by atoms with Gasteiger partial charge in [0.1, 0.15) is 6.61 Å². The molecule has 130 valence electrons. The van der Waals surface area contributed by atoms with Gasteiger partial charge < -0.3 is 0 Å². The van der Waals surface area contributed by atoms with Crippen molar-refractivity contribution in [3.63, 3.8) is 0 Å². The zero-order valence-corrected chi connectivity index (χ0v) is 14.3. The first-order valence-electron chi connectivity index (χ1n) is 7.23. The van der Waals surface area contributed by atoms with Gasteiger partial charge in [0.15, 0.2) is 5.78 Å². The van der Waals surface area contributed by atoms with Gasteiger partial charge in [0, 0.05) is 10.5 Å². The Morgan fingerprint density at radius 3 is 2.36 bits per heavy atom. The molecule has 0 aliphatic rings. The van der Waals surface area contributed by atoms with Crippen LogP contribution in [-0.4, -0.2) is 27.0 Å². The number of Topliss-reactive ketones (excluding diaryl/α,β-unsaturated/α-hetero) is 1. The van der Waals surface area contributed by atoms with Gasteiger partial charge in [-0.1, -0.05) is 35.4 Å². The third-order valence-electron chi connectivity index (χ3n) is 3.17. The first kappa shape index (κ1) is 18.5. The lowest BCUT2D eigenvalue weighted by Crippen LogP contribution is -2.30. The molecule has 0 amide bonds. The van der Waals surface area contributed by atoms with Gasteiger partial charge in [-0.25, -0.2) is 8.42 Å². The average molecular weight is 360 g/mol. The molecule has 0 N–H and O–H groups in total. The molecule has 0 unspecified atom stereocenters. The molecular weight excluding hydrogens is 344 g/mol. The van der Waals surface area contributed by atoms with Gasteiger partial charge in [0.05, 0.1) is 18.5 Å². The molecule has 2 aromatic rings. The fourth-order valence-electron chi connectivity index (χ4n) is 2.03. The van der Waals surface area contributed by atoms with Crippen molar-refractivity contribution in [3.05, 3.63) is 76.2 Å². The van der Waals surface area contributed by atoms with Crippen LogP contribution in [-0.2, 0) is 21.5 Å². The Hall–Kier alpha value is -2.87. The van der Waals surface area contributed by atoms with Crippen molar-refractivity contribution in [2.45, 2.75) is 6.61 Å². The van der Waals surface area contributed by atoms with E-state index < -0.39 is 10.0 Å². The second-order valence-corrected chi connectivity index (χ2v) is 6.91. The summed E-state index contributed by atoms with van der Waals surface area (Å²) in [5.74, 6) is -0.361. The molecule has 0 atom stereocenters. The average Bonchev–Trinajstić information content (AvgIpc) is 2.60. The molecule has 25 heavy (non-hydrogen) atoms. The van der Waals surface area contributed by atoms with Gasteiger partial charge >= 0.3 is 0 Å². The number of sulfonamides is 1. The lowest BCUT2D eigenvalue weighted by Gasteiger charge is -2.21. The van der Waals surface area contributed by atoms with Crippen LogP contribution in [0.15, 0.2) is 59.7 Å². The Kier molecular flexibility index (Phi) is 6.13. The van der Waals surface area contributed by atoms with Crippen LogP contribution in [0, 0.1) is 0 Å². The maximum Gasteiger partial charge on any atom is 0.254 e. The van der Waals surface area contributed by atoms with E-state index in [1.165, 1.54) is 24.3 Å². The number of anilines is 1. The van der Waals surface area contributed by atoms with E-state index in [0.29, 0.717) is 5.56 Å². The highest BCUT2D eigenvalue weighted by molar-refractivity contribution is 7.91. The Morgan fingerprint density at radius 1 is 1.16 bits per heavy atom. The maximum absolute atomic E-state index is 12.0. The van der Waals surface area contributed by atoms with E-state index in [4.69, 9.17) is 10.4 Å². The molecule has 2 aromatic carbocycles. The first-order valence-corrected chi connectivity index (χ1v) is 9.08. The molecular formula is C16H16N4O4S. The van der Waals surface area contributed by atoms with Crippen LogP contribution in [0.25, 0.3) is 10.4 Å². The number of carbonyl (C=O) groups is 1. The van der Waals surface area contributed by atoms with Crippen molar-refractivity contribution >= 4 is 21.5 Å². The van der Waals surface area contributed by atoms with E-state index in [1.54, 1.807) is 0 Å². The van der Waals surface area contributed by atoms with Crippen LogP contribution in [0.5, 0.6) is 0 Å². The molecule has 0 aliphatic carbocycles. The molecule has 0 bridgehead atoms. The van der Waals surface area contributed by atoms with Gasteiger partial charge in [-0.05, 0) is 35.4 Å². The summed E-state index contributed by atoms with van der Waals surface area (Å²) in [4.78, 5) is 19.7. The topological polar surface area (TPSA) is 112 Å². The molecule has 0 fully saturated rings. The Labute approximate surface area is 145 Å². The summed E-state index contributed by atoms with van der Waals surface area (Å²) in [7, 11) is -3.68. The molecule has 8 nitrogen and oxygen atoms in total. The Morgan fingerprint density at radius 2 is 1.80 bits per heavy atom. The Bertz CT molecular complexity index is 876. The molecule has 0 aromatic heterocycles. The maximum atomic E-state index is 12.0. The molecule has 0 heterocycles. The monoisotopic (exact) mass is 360 g/mol. The van der Waals surface area contributed by atoms with Crippen molar-refractivity contribution in [3.8, 4) is 0 Å². The Balaban J connectivity index is 2.18. The van der Waals surface area contributed by atoms with Crippen LogP contribution in [0.3, 0.4) is 0 Å². The second-order valence-electron chi connectivity index (χ2n) is 5.11. The summed E-state index contributed by atoms with van der Waals surface area (Å²) in [5, 5.41) is 3.21. The quantitative estimate of drug-likeness (QED) is 0.237. The summed E-state index contributed by atoms with van der Waals surface area (Å²) in [6, 6.07) is 15.0. The van der Waals surface area contributed by atoms with Gasteiger partial charge in [-0.15, -0.1) is 4.47 Å². The van der Waals surface area contributed by atoms with E-state index in [1.807, 2.05) is 30.3 Å². The zero-order valence-electron chi connectivity index (χ0n) is 13.4. The van der Waals surface area contributed by atoms with Gasteiger partial charge in [0.2, 0.25) is 0 Å². The van der Waals surface area contributed by atoms with Crippen LogP contribution in [0.1, 0.15) is 15.9 Å². The molecule has 9 heteroatoms. The minimum absolute atomic E-state index is 0.0749. The third-order valence-corrected chi connectivity index (χ3v) is 4.09. The highest BCUT2D eigenvalue weighted by Crippen LogP contribution is 2.20. The van der Waals surface area contributed by atoms with Crippen LogP contribution in [0.2, 0.25) is 0 Å². The van der Waals surface area contributed by atoms with Crippen molar-refractivity contribution in [2.75, 3.05) is 17.3 Å².